The fourth-order valence-electron chi connectivity index (χ4n) is 13.4. The first-order chi connectivity index (χ1) is 35.0. The van der Waals surface area contributed by atoms with Crippen molar-refractivity contribution in [3.05, 3.63) is 197 Å². The molecule has 9 aromatic carbocycles. The molecule has 5 heteroatoms. The van der Waals surface area contributed by atoms with Gasteiger partial charge in [-0.2, -0.15) is 0 Å². The summed E-state index contributed by atoms with van der Waals surface area (Å²) in [5, 5.41) is 5.19. The lowest BCUT2D eigenvalue weighted by Crippen LogP contribution is -2.62. The molecule has 4 aliphatic rings. The van der Waals surface area contributed by atoms with Gasteiger partial charge in [0.05, 0.1) is 10.4 Å². The second kappa shape index (κ2) is 15.5. The summed E-state index contributed by atoms with van der Waals surface area (Å²) < 4.78 is 2.65. The van der Waals surface area contributed by atoms with Gasteiger partial charge < -0.3 is 9.71 Å². The highest BCUT2D eigenvalue weighted by molar-refractivity contribution is 7.99. The quantitative estimate of drug-likeness (QED) is 0.163. The van der Waals surface area contributed by atoms with E-state index in [2.05, 4.69) is 243 Å². The first-order valence-electron chi connectivity index (χ1n) is 26.4. The van der Waals surface area contributed by atoms with E-state index in [1.165, 1.54) is 142 Å². The van der Waals surface area contributed by atoms with Crippen molar-refractivity contribution >= 4 is 100 Å². The average molecular weight is 981 g/mol. The molecule has 4 heterocycles. The fraction of sp³-hybridized carbons (Fsp3) is 0.235. The van der Waals surface area contributed by atoms with Gasteiger partial charge in [-0.1, -0.05) is 195 Å². The summed E-state index contributed by atoms with van der Waals surface area (Å²) in [5.41, 5.74) is 22.4. The Bertz CT molecular complexity index is 4000. The number of hydrogen-bond acceptors (Lipinski definition) is 4. The summed E-state index contributed by atoms with van der Waals surface area (Å²) in [5.74, 6) is 0. The van der Waals surface area contributed by atoms with E-state index in [0.29, 0.717) is 0 Å². The van der Waals surface area contributed by atoms with Crippen molar-refractivity contribution < 1.29 is 0 Å². The molecule has 0 amide bonds. The Hall–Kier alpha value is -6.53. The number of anilines is 5. The first kappa shape index (κ1) is 45.1. The summed E-state index contributed by atoms with van der Waals surface area (Å²) in [4.78, 5) is 8.23. The maximum absolute atomic E-state index is 2.83. The number of aryl methyl sites for hydroxylation is 1. The Morgan fingerprint density at radius 1 is 0.534 bits per heavy atom. The molecule has 0 radical (unpaired) electrons. The van der Waals surface area contributed by atoms with Crippen LogP contribution in [0.1, 0.15) is 109 Å². The third-order valence-corrected chi connectivity index (χ3v) is 19.9. The number of hydrogen-bond donors (Lipinski definition) is 0. The summed E-state index contributed by atoms with van der Waals surface area (Å²) in [6.07, 6.45) is 2.34. The fourth-order valence-corrected chi connectivity index (χ4v) is 16.1. The molecule has 1 aromatic heterocycles. The molecule has 14 rings (SSSR count). The molecule has 0 unspecified atom stereocenters. The molecule has 2 nitrogen and oxygen atoms in total. The minimum Gasteiger partial charge on any atom is -0.375 e. The summed E-state index contributed by atoms with van der Waals surface area (Å²) in [6, 6.07) is 63.9. The van der Waals surface area contributed by atoms with Crippen molar-refractivity contribution in [3.8, 4) is 22.3 Å². The second-order valence-corrected chi connectivity index (χ2v) is 26.5. The van der Waals surface area contributed by atoms with E-state index in [-0.39, 0.29) is 28.5 Å². The number of benzene rings is 9. The monoisotopic (exact) mass is 980 g/mol. The van der Waals surface area contributed by atoms with Crippen LogP contribution in [0.2, 0.25) is 0 Å². The lowest BCUT2D eigenvalue weighted by molar-refractivity contribution is 0.332. The zero-order chi connectivity index (χ0) is 50.1. The molecule has 10 aromatic rings. The van der Waals surface area contributed by atoms with Crippen LogP contribution in [0.25, 0.3) is 53.2 Å². The predicted molar refractivity (Wildman–Crippen MR) is 317 cm³/mol. The van der Waals surface area contributed by atoms with Gasteiger partial charge in [0.1, 0.15) is 0 Å². The molecular formula is C68H61BN2S2. The highest BCUT2D eigenvalue weighted by Crippen LogP contribution is 2.58. The van der Waals surface area contributed by atoms with Gasteiger partial charge in [-0.25, -0.2) is 0 Å². The Balaban J connectivity index is 1.18. The predicted octanol–water partition coefficient (Wildman–Crippen LogP) is 18.3. The maximum atomic E-state index is 2.83. The summed E-state index contributed by atoms with van der Waals surface area (Å²) >= 11 is 3.90. The minimum absolute atomic E-state index is 0.0368. The van der Waals surface area contributed by atoms with Crippen LogP contribution in [-0.2, 0) is 21.7 Å². The Labute approximate surface area is 440 Å². The van der Waals surface area contributed by atoms with Crippen molar-refractivity contribution in [1.29, 1.82) is 0 Å². The molecule has 0 bridgehead atoms. The third-order valence-electron chi connectivity index (χ3n) is 17.6. The van der Waals surface area contributed by atoms with Crippen LogP contribution in [0.15, 0.2) is 174 Å². The van der Waals surface area contributed by atoms with Crippen LogP contribution in [0, 0.1) is 6.92 Å². The zero-order valence-electron chi connectivity index (χ0n) is 43.8. The maximum Gasteiger partial charge on any atom is 0.333 e. The van der Waals surface area contributed by atoms with Crippen LogP contribution in [0.3, 0.4) is 0 Å². The van der Waals surface area contributed by atoms with Gasteiger partial charge in [0.25, 0.3) is 0 Å². The van der Waals surface area contributed by atoms with Gasteiger partial charge in [-0.15, -0.1) is 11.3 Å². The summed E-state index contributed by atoms with van der Waals surface area (Å²) in [7, 11) is 0. The van der Waals surface area contributed by atoms with E-state index in [0.717, 1.165) is 6.42 Å². The van der Waals surface area contributed by atoms with E-state index in [9.17, 15) is 0 Å². The Morgan fingerprint density at radius 3 is 2.01 bits per heavy atom. The summed E-state index contributed by atoms with van der Waals surface area (Å²) in [6.45, 7) is 24.0. The van der Waals surface area contributed by atoms with Crippen molar-refractivity contribution in [1.82, 2.24) is 0 Å². The molecule has 0 saturated heterocycles. The van der Waals surface area contributed by atoms with Crippen molar-refractivity contribution in [2.45, 2.75) is 114 Å². The first-order valence-corrected chi connectivity index (χ1v) is 28.0. The lowest BCUT2D eigenvalue weighted by Gasteiger charge is -2.48. The van der Waals surface area contributed by atoms with Crippen LogP contribution in [0.4, 0.5) is 28.4 Å². The lowest BCUT2D eigenvalue weighted by atomic mass is 9.42. The average Bonchev–Trinajstić information content (AvgIpc) is 3.76. The topological polar surface area (TPSA) is 6.48 Å². The molecule has 358 valence electrons. The molecule has 0 saturated carbocycles. The number of thiophene rings is 1. The molecule has 0 N–H and O–H groups in total. The van der Waals surface area contributed by atoms with Gasteiger partial charge in [-0.3, -0.25) is 0 Å². The van der Waals surface area contributed by atoms with Gasteiger partial charge >= 0.3 is 6.85 Å². The normalized spacial score (nSPS) is 16.7. The zero-order valence-corrected chi connectivity index (χ0v) is 45.4. The molecule has 73 heavy (non-hydrogen) atoms. The van der Waals surface area contributed by atoms with Crippen molar-refractivity contribution in [3.63, 3.8) is 0 Å². The van der Waals surface area contributed by atoms with Crippen LogP contribution < -0.4 is 20.6 Å². The van der Waals surface area contributed by atoms with E-state index >= 15 is 0 Å². The Kier molecular flexibility index (Phi) is 9.59. The van der Waals surface area contributed by atoms with Crippen LogP contribution in [-0.4, -0.2) is 6.85 Å². The van der Waals surface area contributed by atoms with Crippen molar-refractivity contribution in [2.75, 3.05) is 9.71 Å². The largest absolute Gasteiger partial charge is 0.375 e. The molecule has 1 aliphatic carbocycles. The van der Waals surface area contributed by atoms with Crippen molar-refractivity contribution in [2.24, 2.45) is 0 Å². The Morgan fingerprint density at radius 2 is 1.23 bits per heavy atom. The SMILES string of the molecule is Cc1cc2c(cc1N1c3cc4c(cc3B3c5c1cc1ccccc1c5-c1ccc5c(sc6ccccc65)c1N3c1ccc(C(C)(C)C)cc1-c1ccccc1)C(C)(C)c1ccccc1S4)C(C)(C)CCC2(C)C. The standard InChI is InChI=1S/C68H61BN2S2/c1-40-34-50-51(67(7,8)33-32-66(50,5)6)38-55(40)70-56-39-60-52(68(9,10)49-25-17-19-27-59(49)72-60)37-53(56)69-62-57(70)35-42-22-14-15-23-44(42)61(62)47-30-29-46-45-24-16-18-26-58(45)73-64(46)63(47)71(69)54-31-28-43(65(2,3)4)36-48(54)41-20-12-11-13-21-41/h11-31,34-39H,32-33H2,1-10H3. The van der Waals surface area contributed by atoms with E-state index in [1.54, 1.807) is 0 Å². The molecule has 0 fully saturated rings. The number of nitrogens with zero attached hydrogens (tertiary/aromatic N) is 2. The second-order valence-electron chi connectivity index (χ2n) is 24.4. The van der Waals surface area contributed by atoms with Gasteiger partial charge in [-0.05, 0) is 145 Å². The smallest absolute Gasteiger partial charge is 0.333 e. The highest BCUT2D eigenvalue weighted by Gasteiger charge is 2.49. The van der Waals surface area contributed by atoms with Crippen LogP contribution in [0.5, 0.6) is 0 Å². The number of fused-ring (bicyclic) bond motifs is 13. The third kappa shape index (κ3) is 6.50. The highest BCUT2D eigenvalue weighted by atomic mass is 32.2. The van der Waals surface area contributed by atoms with Gasteiger partial charge in [0.15, 0.2) is 0 Å². The van der Waals surface area contributed by atoms with Gasteiger partial charge in [0, 0.05) is 64.6 Å². The minimum atomic E-state index is -0.236. The van der Waals surface area contributed by atoms with E-state index < -0.39 is 0 Å². The molecule has 0 spiro atoms. The van der Waals surface area contributed by atoms with Gasteiger partial charge in [0.2, 0.25) is 0 Å². The molecular weight excluding hydrogens is 920 g/mol. The van der Waals surface area contributed by atoms with E-state index in [4.69, 9.17) is 0 Å². The molecule has 3 aliphatic heterocycles. The molecule has 0 atom stereocenters. The number of rotatable bonds is 3. The van der Waals surface area contributed by atoms with Crippen LogP contribution >= 0.6 is 23.1 Å². The van der Waals surface area contributed by atoms with E-state index in [1.807, 2.05) is 23.1 Å².